The second-order valence-corrected chi connectivity index (χ2v) is 20.0. The second kappa shape index (κ2) is 12.1. The summed E-state index contributed by atoms with van der Waals surface area (Å²) >= 11 is 0. The van der Waals surface area contributed by atoms with E-state index in [0.717, 1.165) is 0 Å². The van der Waals surface area contributed by atoms with Crippen molar-refractivity contribution in [2.24, 2.45) is 5.92 Å². The van der Waals surface area contributed by atoms with Crippen molar-refractivity contribution in [2.45, 2.75) is 101 Å². The summed E-state index contributed by atoms with van der Waals surface area (Å²) in [6, 6.07) is 6.00. The number of fused-ring (bicyclic) bond motifs is 2. The maximum Gasteiger partial charge on any atom is 0.362 e. The van der Waals surface area contributed by atoms with E-state index < -0.39 is 85.8 Å². The van der Waals surface area contributed by atoms with Gasteiger partial charge in [0.2, 0.25) is 5.91 Å². The predicted octanol–water partition coefficient (Wildman–Crippen LogP) is 4.13. The Morgan fingerprint density at radius 1 is 1.19 bits per heavy atom. The van der Waals surface area contributed by atoms with Crippen LogP contribution in [0.3, 0.4) is 0 Å². The molecule has 1 saturated heterocycles. The van der Waals surface area contributed by atoms with Gasteiger partial charge in [-0.15, -0.1) is 0 Å². The fourth-order valence-corrected chi connectivity index (χ4v) is 8.08. The van der Waals surface area contributed by atoms with Crippen LogP contribution in [-0.4, -0.2) is 72.0 Å². The normalized spacial score (nSPS) is 27.7. The highest BCUT2D eigenvalue weighted by atomic mass is 32.2. The van der Waals surface area contributed by atoms with Crippen LogP contribution >= 0.6 is 0 Å². The molecule has 258 valence electrons. The molecule has 1 fully saturated rings. The number of nitrogen functional groups attached to an aromatic ring is 1. The molecular weight excluding hydrogens is 655 g/mol. The average Bonchev–Trinajstić information content (AvgIpc) is 3.58. The number of ether oxygens (including phenoxy) is 1. The molecule has 4 N–H and O–H groups in total. The summed E-state index contributed by atoms with van der Waals surface area (Å²) in [5, 5.41) is 10.9. The van der Waals surface area contributed by atoms with Crippen molar-refractivity contribution in [2.75, 3.05) is 12.3 Å². The highest BCUT2D eigenvalue weighted by molar-refractivity contribution is 7.85. The third-order valence-corrected chi connectivity index (χ3v) is 15.3. The van der Waals surface area contributed by atoms with Crippen LogP contribution in [0.2, 0.25) is 18.1 Å². The molecule has 1 aromatic carbocycles. The number of carbonyl (C=O) groups is 1. The molecule has 0 unspecified atom stereocenters. The maximum atomic E-state index is 15.2. The lowest BCUT2D eigenvalue weighted by Crippen LogP contribution is -2.47. The number of carbonyl (C=O) groups excluding carboxylic acids is 1. The highest BCUT2D eigenvalue weighted by Gasteiger charge is 2.63. The van der Waals surface area contributed by atoms with Gasteiger partial charge in [-0.05, 0) is 35.7 Å². The van der Waals surface area contributed by atoms with Crippen molar-refractivity contribution in [3.05, 3.63) is 48.0 Å². The molecule has 1 amide bonds. The maximum absolute atomic E-state index is 15.2. The number of benzene rings is 1. The highest BCUT2D eigenvalue weighted by Crippen LogP contribution is 2.57. The molecule has 2 aliphatic rings. The molecule has 1 aliphatic heterocycles. The Kier molecular flexibility index (Phi) is 9.07. The van der Waals surface area contributed by atoms with Gasteiger partial charge < -0.3 is 20.0 Å². The zero-order chi connectivity index (χ0) is 34.7. The van der Waals surface area contributed by atoms with Crippen LogP contribution in [0.25, 0.3) is 11.2 Å². The number of nitrogens with zero attached hydrogens (tertiary/aromatic N) is 4. The molecule has 6 atom stereocenters. The molecule has 0 saturated carbocycles. The van der Waals surface area contributed by atoms with Gasteiger partial charge in [0.15, 0.2) is 31.6 Å². The van der Waals surface area contributed by atoms with Crippen molar-refractivity contribution < 1.29 is 40.4 Å². The van der Waals surface area contributed by atoms with E-state index in [1.165, 1.54) is 37.8 Å². The average molecular weight is 697 g/mol. The minimum absolute atomic E-state index is 0.0145. The van der Waals surface area contributed by atoms with Crippen LogP contribution < -0.4 is 10.5 Å². The number of alkyl halides is 2. The standard InChI is InChI=1S/C30H42F2N6O7SSi/c1-17-21(44-27(24(17)45-47(6,7)28(3,4)5)38-16-36-23-25(33)34-15-35-26(23)38)14-43-46(41,42)37-22(39)12-13-29(40)20-11-9-8-10-19(20)18(2)30(29,31)32/h8-11,15-18,21,24,27,40H,12-14H2,1-7H3,(H,37,39)(H2,33,34,35)/t17-,18-,21-,24-,27-,29+/m1/s1. The number of nitrogens with two attached hydrogens (primary N) is 1. The van der Waals surface area contributed by atoms with Gasteiger partial charge in [0, 0.05) is 18.3 Å². The Morgan fingerprint density at radius 3 is 2.55 bits per heavy atom. The minimum atomic E-state index is -4.68. The van der Waals surface area contributed by atoms with Crippen molar-refractivity contribution in [1.82, 2.24) is 24.2 Å². The van der Waals surface area contributed by atoms with E-state index in [-0.39, 0.29) is 22.0 Å². The number of rotatable bonds is 10. The van der Waals surface area contributed by atoms with E-state index in [0.29, 0.717) is 11.2 Å². The fourth-order valence-electron chi connectivity index (χ4n) is 5.96. The van der Waals surface area contributed by atoms with Crippen LogP contribution in [-0.2, 0) is 34.0 Å². The number of anilines is 1. The Balaban J connectivity index is 1.28. The smallest absolute Gasteiger partial charge is 0.362 e. The molecule has 3 aromatic rings. The Labute approximate surface area is 273 Å². The van der Waals surface area contributed by atoms with E-state index in [1.807, 2.05) is 6.92 Å². The van der Waals surface area contributed by atoms with Crippen molar-refractivity contribution in [3.8, 4) is 0 Å². The number of halogens is 2. The van der Waals surface area contributed by atoms with E-state index in [9.17, 15) is 18.3 Å². The SMILES string of the molecule is C[C@H]1[C@@H](O[Si](C)(C)C(C)(C)C)[C@H](n2cnc3c(N)ncnc32)O[C@@H]1COS(=O)(=O)NC(=O)CC[C@]1(O)c2ccccc2[C@@H](C)C1(F)F. The van der Waals surface area contributed by atoms with Gasteiger partial charge in [0.05, 0.1) is 25.1 Å². The van der Waals surface area contributed by atoms with Gasteiger partial charge >= 0.3 is 10.3 Å². The molecule has 1 aliphatic carbocycles. The van der Waals surface area contributed by atoms with Crippen molar-refractivity contribution in [3.63, 3.8) is 0 Å². The monoisotopic (exact) mass is 696 g/mol. The lowest BCUT2D eigenvalue weighted by molar-refractivity contribution is -0.190. The number of hydrogen-bond donors (Lipinski definition) is 3. The van der Waals surface area contributed by atoms with Crippen LogP contribution in [0.15, 0.2) is 36.9 Å². The zero-order valence-corrected chi connectivity index (χ0v) is 29.2. The van der Waals surface area contributed by atoms with Gasteiger partial charge in [-0.1, -0.05) is 58.9 Å². The zero-order valence-electron chi connectivity index (χ0n) is 27.4. The molecule has 0 bridgehead atoms. The number of amides is 1. The number of imidazole rings is 1. The molecule has 13 nitrogen and oxygen atoms in total. The van der Waals surface area contributed by atoms with E-state index >= 15 is 8.78 Å². The third-order valence-electron chi connectivity index (χ3n) is 9.91. The number of hydrogen-bond acceptors (Lipinski definition) is 11. The fraction of sp³-hybridized carbons (Fsp3) is 0.600. The van der Waals surface area contributed by atoms with Crippen LogP contribution in [0.1, 0.15) is 70.7 Å². The molecule has 47 heavy (non-hydrogen) atoms. The van der Waals surface area contributed by atoms with Gasteiger partial charge in [0.1, 0.15) is 11.8 Å². The second-order valence-electron chi connectivity index (χ2n) is 13.9. The van der Waals surface area contributed by atoms with Crippen molar-refractivity contribution >= 4 is 41.5 Å². The van der Waals surface area contributed by atoms with Crippen LogP contribution in [0, 0.1) is 5.92 Å². The van der Waals surface area contributed by atoms with E-state index in [1.54, 1.807) is 15.4 Å². The molecule has 0 radical (unpaired) electrons. The van der Waals surface area contributed by atoms with Crippen molar-refractivity contribution in [1.29, 1.82) is 0 Å². The molecule has 17 heteroatoms. The summed E-state index contributed by atoms with van der Waals surface area (Å²) in [6.07, 6.45) is -0.732. The quantitative estimate of drug-likeness (QED) is 0.259. The largest absolute Gasteiger partial charge is 0.409 e. The molecule has 3 heterocycles. The summed E-state index contributed by atoms with van der Waals surface area (Å²) in [4.78, 5) is 25.3. The third kappa shape index (κ3) is 6.28. The topological polar surface area (TPSA) is 181 Å². The summed E-state index contributed by atoms with van der Waals surface area (Å²) in [7, 11) is -7.06. The van der Waals surface area contributed by atoms with E-state index in [4.69, 9.17) is 19.1 Å². The first-order valence-corrected chi connectivity index (χ1v) is 19.7. The lowest BCUT2D eigenvalue weighted by atomic mass is 9.87. The summed E-state index contributed by atoms with van der Waals surface area (Å²) < 4.78 is 77.7. The predicted molar refractivity (Wildman–Crippen MR) is 171 cm³/mol. The number of aliphatic hydroxyl groups is 1. The number of aromatic nitrogens is 4. The lowest BCUT2D eigenvalue weighted by Gasteiger charge is -2.40. The van der Waals surface area contributed by atoms with Crippen LogP contribution in [0.5, 0.6) is 0 Å². The first-order valence-electron chi connectivity index (χ1n) is 15.4. The molecule has 0 spiro atoms. The Bertz CT molecular complexity index is 1770. The summed E-state index contributed by atoms with van der Waals surface area (Å²) in [6.45, 7) is 13.1. The van der Waals surface area contributed by atoms with Gasteiger partial charge in [-0.25, -0.2) is 28.5 Å². The molecule has 5 rings (SSSR count). The first kappa shape index (κ1) is 35.2. The molecule has 2 aromatic heterocycles. The Hall–Kier alpha value is -3.09. The van der Waals surface area contributed by atoms with Gasteiger partial charge in [-0.3, -0.25) is 13.5 Å². The summed E-state index contributed by atoms with van der Waals surface area (Å²) in [5.41, 5.74) is 4.42. The van der Waals surface area contributed by atoms with Gasteiger partial charge in [0.25, 0.3) is 5.92 Å². The minimum Gasteiger partial charge on any atom is -0.409 e. The molecular formula is C30H42F2N6O7SSi. The first-order chi connectivity index (χ1) is 21.7. The Morgan fingerprint density at radius 2 is 1.87 bits per heavy atom. The van der Waals surface area contributed by atoms with E-state index in [2.05, 4.69) is 48.8 Å². The summed E-state index contributed by atoms with van der Waals surface area (Å²) in [5.74, 6) is -6.17. The van der Waals surface area contributed by atoms with Crippen LogP contribution in [0.4, 0.5) is 14.6 Å². The van der Waals surface area contributed by atoms with Gasteiger partial charge in [-0.2, -0.15) is 8.42 Å². The number of nitrogens with one attached hydrogen (secondary N) is 1.